The normalized spacial score (nSPS) is 28.3. The summed E-state index contributed by atoms with van der Waals surface area (Å²) in [4.78, 5) is 6.78. The summed E-state index contributed by atoms with van der Waals surface area (Å²) in [6.45, 7) is 21.3. The highest BCUT2D eigenvalue weighted by atomic mass is 35.5. The number of nitrogens with one attached hydrogen (secondary N) is 2. The van der Waals surface area contributed by atoms with E-state index in [4.69, 9.17) is 17.0 Å². The fourth-order valence-corrected chi connectivity index (χ4v) is 6.53. The van der Waals surface area contributed by atoms with Crippen LogP contribution in [0.3, 0.4) is 0 Å². The lowest BCUT2D eigenvalue weighted by Gasteiger charge is -2.39. The molecule has 0 radical (unpaired) electrons. The first-order valence-electron chi connectivity index (χ1n) is 12.1. The van der Waals surface area contributed by atoms with E-state index in [1.165, 1.54) is 0 Å². The molecule has 6 atom stereocenters. The van der Waals surface area contributed by atoms with E-state index >= 15 is 0 Å². The second-order valence-corrected chi connectivity index (χ2v) is 12.4. The fraction of sp³-hybridized carbons (Fsp3) is 0.630. The Morgan fingerprint density at radius 1 is 1.41 bits per heavy atom. The first-order chi connectivity index (χ1) is 15.8. The zero-order chi connectivity index (χ0) is 25.8. The standard InChI is InChI=1S/C27H43ClN4OS/c1-16(14-17(2)31-27(7,8)15-33)19(4)32(21(6)30-9)26-24(18(3)20(5)34-26)25(29)22-10-12-23(28)13-11-22/h10-12,16,18,20,23-24,26,29,31,33H,2,4,13-15H2,1,3,5-9H3/t16-,18?,20?,23?,24?,26?/m0/s1. The van der Waals surface area contributed by atoms with Gasteiger partial charge in [0.15, 0.2) is 0 Å². The van der Waals surface area contributed by atoms with Gasteiger partial charge in [-0.2, -0.15) is 0 Å². The number of hydrogen-bond acceptors (Lipinski definition) is 5. The number of aliphatic hydroxyl groups is 1. The summed E-state index contributed by atoms with van der Waals surface area (Å²) >= 11 is 8.14. The van der Waals surface area contributed by atoms with Crippen LogP contribution >= 0.6 is 23.4 Å². The number of nitrogens with zero attached hydrogens (tertiary/aromatic N) is 2. The molecule has 0 aromatic heterocycles. The van der Waals surface area contributed by atoms with Gasteiger partial charge >= 0.3 is 0 Å². The number of rotatable bonds is 10. The van der Waals surface area contributed by atoms with Crippen molar-refractivity contribution in [3.05, 3.63) is 48.4 Å². The van der Waals surface area contributed by atoms with E-state index in [-0.39, 0.29) is 29.2 Å². The number of alkyl halides is 1. The van der Waals surface area contributed by atoms with Gasteiger partial charge in [0.05, 0.1) is 22.9 Å². The van der Waals surface area contributed by atoms with E-state index in [2.05, 4.69) is 55.2 Å². The summed E-state index contributed by atoms with van der Waals surface area (Å²) in [6.07, 6.45) is 7.54. The van der Waals surface area contributed by atoms with Gasteiger partial charge in [-0.05, 0) is 45.1 Å². The first-order valence-corrected chi connectivity index (χ1v) is 13.5. The predicted molar refractivity (Wildman–Crippen MR) is 150 cm³/mol. The van der Waals surface area contributed by atoms with Crippen molar-refractivity contribution in [3.63, 3.8) is 0 Å². The van der Waals surface area contributed by atoms with E-state index in [1.54, 1.807) is 0 Å². The molecule has 1 fully saturated rings. The Morgan fingerprint density at radius 3 is 2.59 bits per heavy atom. The highest BCUT2D eigenvalue weighted by molar-refractivity contribution is 8.00. The Labute approximate surface area is 216 Å². The summed E-state index contributed by atoms with van der Waals surface area (Å²) in [5, 5.41) is 22.5. The number of allylic oxidation sites excluding steroid dienone is 6. The zero-order valence-corrected chi connectivity index (χ0v) is 23.4. The van der Waals surface area contributed by atoms with Crippen LogP contribution in [0.25, 0.3) is 0 Å². The molecule has 0 aromatic rings. The third kappa shape index (κ3) is 6.79. The Kier molecular flexibility index (Phi) is 10.1. The highest BCUT2D eigenvalue weighted by Crippen LogP contribution is 2.48. The first kappa shape index (κ1) is 28.7. The van der Waals surface area contributed by atoms with Crippen molar-refractivity contribution >= 4 is 34.9 Å². The quantitative estimate of drug-likeness (QED) is 0.194. The van der Waals surface area contributed by atoms with Crippen molar-refractivity contribution in [2.75, 3.05) is 13.7 Å². The van der Waals surface area contributed by atoms with Crippen molar-refractivity contribution in [2.45, 2.75) is 75.9 Å². The molecule has 1 heterocycles. The Morgan fingerprint density at radius 2 is 2.06 bits per heavy atom. The maximum absolute atomic E-state index is 9.59. The third-order valence-electron chi connectivity index (χ3n) is 6.93. The molecule has 0 saturated carbocycles. The molecule has 1 aliphatic carbocycles. The molecule has 5 nitrogen and oxygen atoms in total. The monoisotopic (exact) mass is 506 g/mol. The van der Waals surface area contributed by atoms with Crippen LogP contribution in [0.4, 0.5) is 0 Å². The van der Waals surface area contributed by atoms with Crippen molar-refractivity contribution in [2.24, 2.45) is 22.7 Å². The van der Waals surface area contributed by atoms with Crippen LogP contribution in [0.2, 0.25) is 0 Å². The molecule has 0 spiro atoms. The fourth-order valence-electron chi connectivity index (χ4n) is 4.55. The number of halogens is 1. The van der Waals surface area contributed by atoms with Gasteiger partial charge in [0.1, 0.15) is 5.84 Å². The van der Waals surface area contributed by atoms with Gasteiger partial charge in [-0.3, -0.25) is 4.99 Å². The minimum Gasteiger partial charge on any atom is -0.394 e. The molecule has 2 aliphatic rings. The summed E-state index contributed by atoms with van der Waals surface area (Å²) in [7, 11) is 1.81. The van der Waals surface area contributed by atoms with Crippen LogP contribution in [0.15, 0.2) is 53.3 Å². The average Bonchev–Trinajstić information content (AvgIpc) is 3.06. The summed E-state index contributed by atoms with van der Waals surface area (Å²) < 4.78 is 0. The van der Waals surface area contributed by atoms with Gasteiger partial charge in [0, 0.05) is 41.2 Å². The highest BCUT2D eigenvalue weighted by Gasteiger charge is 2.46. The van der Waals surface area contributed by atoms with Crippen LogP contribution in [-0.2, 0) is 0 Å². The van der Waals surface area contributed by atoms with Crippen molar-refractivity contribution < 1.29 is 5.11 Å². The minimum atomic E-state index is -0.422. The van der Waals surface area contributed by atoms with Gasteiger partial charge in [-0.25, -0.2) is 0 Å². The molecule has 1 saturated heterocycles. The molecule has 2 rings (SSSR count). The second-order valence-electron chi connectivity index (χ2n) is 10.3. The zero-order valence-electron chi connectivity index (χ0n) is 21.9. The van der Waals surface area contributed by atoms with Crippen LogP contribution in [-0.4, -0.2) is 56.7 Å². The Hall–Kier alpha value is -1.50. The number of hydrogen-bond donors (Lipinski definition) is 3. The lowest BCUT2D eigenvalue weighted by atomic mass is 9.82. The number of aliphatic imine (C=N–C) groups is 1. The van der Waals surface area contributed by atoms with Crippen molar-refractivity contribution in [1.82, 2.24) is 10.2 Å². The molecule has 0 aromatic carbocycles. The molecule has 5 unspecified atom stereocenters. The van der Waals surface area contributed by atoms with Crippen LogP contribution in [0.5, 0.6) is 0 Å². The van der Waals surface area contributed by atoms with Gasteiger partial charge < -0.3 is 20.7 Å². The summed E-state index contributed by atoms with van der Waals surface area (Å²) in [5.41, 5.74) is 3.06. The maximum Gasteiger partial charge on any atom is 0.101 e. The average molecular weight is 507 g/mol. The topological polar surface area (TPSA) is 71.7 Å². The van der Waals surface area contributed by atoms with Crippen molar-refractivity contribution in [3.8, 4) is 0 Å². The molecule has 34 heavy (non-hydrogen) atoms. The molecule has 190 valence electrons. The number of thioether (sulfide) groups is 1. The van der Waals surface area contributed by atoms with Gasteiger partial charge in [-0.1, -0.05) is 52.2 Å². The second kappa shape index (κ2) is 12.0. The number of amidine groups is 1. The van der Waals surface area contributed by atoms with Crippen LogP contribution in [0, 0.1) is 23.2 Å². The summed E-state index contributed by atoms with van der Waals surface area (Å²) in [6, 6.07) is 0. The Bertz CT molecular complexity index is 878. The number of aliphatic hydroxyl groups excluding tert-OH is 1. The lowest BCUT2D eigenvalue weighted by molar-refractivity contribution is 0.196. The van der Waals surface area contributed by atoms with Gasteiger partial charge in [0.25, 0.3) is 0 Å². The summed E-state index contributed by atoms with van der Waals surface area (Å²) in [5.74, 6) is 1.39. The molecular formula is C27H43ClN4OS. The van der Waals surface area contributed by atoms with Gasteiger partial charge in [-0.15, -0.1) is 23.4 Å². The van der Waals surface area contributed by atoms with Crippen molar-refractivity contribution in [1.29, 1.82) is 5.41 Å². The predicted octanol–water partition coefficient (Wildman–Crippen LogP) is 5.98. The Balaban J connectivity index is 2.31. The molecule has 3 N–H and O–H groups in total. The minimum absolute atomic E-state index is 0.00533. The largest absolute Gasteiger partial charge is 0.394 e. The smallest absolute Gasteiger partial charge is 0.101 e. The van der Waals surface area contributed by atoms with E-state index in [9.17, 15) is 5.11 Å². The molecular weight excluding hydrogens is 464 g/mol. The van der Waals surface area contributed by atoms with E-state index in [1.807, 2.05) is 51.7 Å². The van der Waals surface area contributed by atoms with Crippen LogP contribution < -0.4 is 5.32 Å². The molecule has 1 aliphatic heterocycles. The van der Waals surface area contributed by atoms with E-state index in [0.29, 0.717) is 23.3 Å². The molecule has 7 heteroatoms. The van der Waals surface area contributed by atoms with Crippen LogP contribution in [0.1, 0.15) is 54.4 Å². The maximum atomic E-state index is 9.59. The van der Waals surface area contributed by atoms with E-state index in [0.717, 1.165) is 29.2 Å². The van der Waals surface area contributed by atoms with E-state index < -0.39 is 5.54 Å². The third-order valence-corrected chi connectivity index (χ3v) is 8.89. The molecule has 0 bridgehead atoms. The lowest BCUT2D eigenvalue weighted by Crippen LogP contribution is -2.45. The van der Waals surface area contributed by atoms with Gasteiger partial charge in [0.2, 0.25) is 0 Å². The molecule has 0 amide bonds. The SMILES string of the molecule is C=C(C[C@H](C)C(=C)N(C(C)=NC)C1SC(C)C(C)C1C(=N)C1=CCC(Cl)C=C1)NC(C)(C)CO.